The third-order valence-electron chi connectivity index (χ3n) is 3.64. The van der Waals surface area contributed by atoms with Crippen LogP contribution in [0.2, 0.25) is 0 Å². The second-order valence-electron chi connectivity index (χ2n) is 4.83. The molecule has 3 heteroatoms. The lowest BCUT2D eigenvalue weighted by Gasteiger charge is -2.39. The van der Waals surface area contributed by atoms with Crippen molar-refractivity contribution in [2.75, 3.05) is 13.7 Å². The molecule has 0 bridgehead atoms. The van der Waals surface area contributed by atoms with Gasteiger partial charge >= 0.3 is 0 Å². The smallest absolute Gasteiger partial charge is 0.0474 e. The van der Waals surface area contributed by atoms with Crippen molar-refractivity contribution in [3.05, 3.63) is 0 Å². The molecule has 1 rings (SSSR count). The van der Waals surface area contributed by atoms with Gasteiger partial charge in [0.05, 0.1) is 0 Å². The van der Waals surface area contributed by atoms with Crippen molar-refractivity contribution in [1.82, 2.24) is 4.90 Å². The lowest BCUT2D eigenvalue weighted by molar-refractivity contribution is 0.0873. The Hall–Kier alpha value is -0.120. The van der Waals surface area contributed by atoms with Gasteiger partial charge in [0.2, 0.25) is 0 Å². The van der Waals surface area contributed by atoms with E-state index >= 15 is 0 Å². The zero-order chi connectivity index (χ0) is 10.7. The summed E-state index contributed by atoms with van der Waals surface area (Å²) in [7, 11) is 2.17. The van der Waals surface area contributed by atoms with Crippen LogP contribution in [-0.2, 0) is 0 Å². The van der Waals surface area contributed by atoms with E-state index in [0.29, 0.717) is 18.0 Å². The molecule has 14 heavy (non-hydrogen) atoms. The maximum Gasteiger partial charge on any atom is 0.0474 e. The quantitative estimate of drug-likeness (QED) is 0.709. The van der Waals surface area contributed by atoms with Gasteiger partial charge in [-0.2, -0.15) is 0 Å². The van der Waals surface area contributed by atoms with Crippen molar-refractivity contribution in [2.45, 2.75) is 51.2 Å². The highest BCUT2D eigenvalue weighted by Gasteiger charge is 2.30. The molecular weight excluding hydrogens is 176 g/mol. The van der Waals surface area contributed by atoms with Gasteiger partial charge in [0.25, 0.3) is 0 Å². The first-order valence-electron chi connectivity index (χ1n) is 5.64. The van der Waals surface area contributed by atoms with E-state index in [1.54, 1.807) is 0 Å². The number of hydrogen-bond acceptors (Lipinski definition) is 3. The first-order valence-corrected chi connectivity index (χ1v) is 5.64. The van der Waals surface area contributed by atoms with E-state index in [-0.39, 0.29) is 12.6 Å². The molecule has 0 amide bonds. The number of aliphatic hydroxyl groups excluding tert-OH is 1. The summed E-state index contributed by atoms with van der Waals surface area (Å²) in [6.07, 6.45) is 3.27. The standard InChI is InChI=1S/C11H24N2O/c1-8(2)13(3)10-4-5-11(12)9(6-10)7-14/h8-11,14H,4-7,12H2,1-3H3/t9-,10+,11-/m0/s1. The molecule has 3 atom stereocenters. The largest absolute Gasteiger partial charge is 0.396 e. The molecule has 0 aromatic carbocycles. The molecule has 0 aromatic heterocycles. The van der Waals surface area contributed by atoms with E-state index in [1.165, 1.54) is 6.42 Å². The van der Waals surface area contributed by atoms with Gasteiger partial charge in [-0.3, -0.25) is 0 Å². The van der Waals surface area contributed by atoms with Crippen LogP contribution in [0, 0.1) is 5.92 Å². The molecule has 1 saturated carbocycles. The highest BCUT2D eigenvalue weighted by atomic mass is 16.3. The number of hydrogen-bond donors (Lipinski definition) is 2. The van der Waals surface area contributed by atoms with Gasteiger partial charge in [-0.15, -0.1) is 0 Å². The lowest BCUT2D eigenvalue weighted by Crippen LogP contribution is -2.47. The molecule has 1 aliphatic rings. The monoisotopic (exact) mass is 200 g/mol. The van der Waals surface area contributed by atoms with Crippen molar-refractivity contribution in [3.8, 4) is 0 Å². The maximum absolute atomic E-state index is 9.20. The number of rotatable bonds is 3. The highest BCUT2D eigenvalue weighted by Crippen LogP contribution is 2.27. The zero-order valence-electron chi connectivity index (χ0n) is 9.61. The van der Waals surface area contributed by atoms with Crippen molar-refractivity contribution >= 4 is 0 Å². The van der Waals surface area contributed by atoms with Crippen LogP contribution in [0.5, 0.6) is 0 Å². The van der Waals surface area contributed by atoms with Crippen molar-refractivity contribution < 1.29 is 5.11 Å². The fourth-order valence-corrected chi connectivity index (χ4v) is 2.26. The Labute approximate surface area is 87.3 Å². The van der Waals surface area contributed by atoms with Gasteiger partial charge in [0.1, 0.15) is 0 Å². The summed E-state index contributed by atoms with van der Waals surface area (Å²) < 4.78 is 0. The molecule has 0 radical (unpaired) electrons. The van der Waals surface area contributed by atoms with E-state index in [4.69, 9.17) is 5.73 Å². The Morgan fingerprint density at radius 2 is 2.07 bits per heavy atom. The van der Waals surface area contributed by atoms with Crippen LogP contribution in [0.15, 0.2) is 0 Å². The van der Waals surface area contributed by atoms with Crippen LogP contribution in [-0.4, -0.2) is 41.8 Å². The minimum atomic E-state index is 0.205. The van der Waals surface area contributed by atoms with Crippen molar-refractivity contribution in [2.24, 2.45) is 11.7 Å². The van der Waals surface area contributed by atoms with Crippen LogP contribution in [0.25, 0.3) is 0 Å². The predicted octanol–water partition coefficient (Wildman–Crippen LogP) is 0.815. The van der Waals surface area contributed by atoms with Crippen LogP contribution >= 0.6 is 0 Å². The van der Waals surface area contributed by atoms with Gasteiger partial charge in [-0.1, -0.05) is 0 Å². The third kappa shape index (κ3) is 2.69. The average Bonchev–Trinajstić information content (AvgIpc) is 2.17. The van der Waals surface area contributed by atoms with Gasteiger partial charge in [0.15, 0.2) is 0 Å². The van der Waals surface area contributed by atoms with Gasteiger partial charge in [-0.25, -0.2) is 0 Å². The van der Waals surface area contributed by atoms with Crippen LogP contribution < -0.4 is 5.73 Å². The van der Waals surface area contributed by atoms with E-state index < -0.39 is 0 Å². The Bertz CT molecular complexity index is 173. The van der Waals surface area contributed by atoms with Crippen LogP contribution in [0.4, 0.5) is 0 Å². The third-order valence-corrected chi connectivity index (χ3v) is 3.64. The van der Waals surface area contributed by atoms with Gasteiger partial charge in [-0.05, 0) is 46.1 Å². The Balaban J connectivity index is 2.49. The predicted molar refractivity (Wildman–Crippen MR) is 59.1 cm³/mol. The fraction of sp³-hybridized carbons (Fsp3) is 1.00. The minimum Gasteiger partial charge on any atom is -0.396 e. The molecule has 1 fully saturated rings. The molecule has 0 unspecified atom stereocenters. The average molecular weight is 200 g/mol. The second kappa shape index (κ2) is 5.10. The normalized spacial score (nSPS) is 34.1. The zero-order valence-corrected chi connectivity index (χ0v) is 9.61. The van der Waals surface area contributed by atoms with Crippen LogP contribution in [0.3, 0.4) is 0 Å². The van der Waals surface area contributed by atoms with E-state index in [9.17, 15) is 5.11 Å². The number of nitrogens with zero attached hydrogens (tertiary/aromatic N) is 1. The molecule has 0 saturated heterocycles. The van der Waals surface area contributed by atoms with Gasteiger partial charge in [0, 0.05) is 24.7 Å². The summed E-state index contributed by atoms with van der Waals surface area (Å²) >= 11 is 0. The Morgan fingerprint density at radius 1 is 1.43 bits per heavy atom. The molecule has 1 aliphatic carbocycles. The SMILES string of the molecule is CC(C)N(C)[C@@H]1CC[C@H](N)[C@H](CO)C1. The fourth-order valence-electron chi connectivity index (χ4n) is 2.26. The first kappa shape index (κ1) is 12.0. The van der Waals surface area contributed by atoms with E-state index in [1.807, 2.05) is 0 Å². The second-order valence-corrected chi connectivity index (χ2v) is 4.83. The first-order chi connectivity index (χ1) is 6.56. The van der Waals surface area contributed by atoms with Crippen molar-refractivity contribution in [3.63, 3.8) is 0 Å². The highest BCUT2D eigenvalue weighted by molar-refractivity contribution is 4.86. The maximum atomic E-state index is 9.20. The molecule has 3 N–H and O–H groups in total. The molecule has 0 spiro atoms. The summed E-state index contributed by atoms with van der Waals surface area (Å²) in [5.41, 5.74) is 5.95. The summed E-state index contributed by atoms with van der Waals surface area (Å²) in [4.78, 5) is 2.40. The summed E-state index contributed by atoms with van der Waals surface area (Å²) in [5, 5.41) is 9.20. The molecular formula is C11H24N2O. The molecule has 0 heterocycles. The summed E-state index contributed by atoms with van der Waals surface area (Å²) in [6.45, 7) is 4.66. The molecule has 0 aliphatic heterocycles. The Kier molecular flexibility index (Phi) is 4.35. The van der Waals surface area contributed by atoms with E-state index in [0.717, 1.165) is 12.8 Å². The molecule has 84 valence electrons. The van der Waals surface area contributed by atoms with Gasteiger partial charge < -0.3 is 15.7 Å². The van der Waals surface area contributed by atoms with Crippen molar-refractivity contribution in [1.29, 1.82) is 0 Å². The Morgan fingerprint density at radius 3 is 2.57 bits per heavy atom. The number of aliphatic hydroxyl groups is 1. The van der Waals surface area contributed by atoms with Crippen LogP contribution in [0.1, 0.15) is 33.1 Å². The topological polar surface area (TPSA) is 49.5 Å². The minimum absolute atomic E-state index is 0.205. The summed E-state index contributed by atoms with van der Waals surface area (Å²) in [6, 6.07) is 1.39. The summed E-state index contributed by atoms with van der Waals surface area (Å²) in [5.74, 6) is 0.301. The number of nitrogens with two attached hydrogens (primary N) is 1. The molecule has 3 nitrogen and oxygen atoms in total. The molecule has 0 aromatic rings. The van der Waals surface area contributed by atoms with E-state index in [2.05, 4.69) is 25.8 Å². The lowest BCUT2D eigenvalue weighted by atomic mass is 9.81.